The summed E-state index contributed by atoms with van der Waals surface area (Å²) in [5, 5.41) is 1.18. The zero-order chi connectivity index (χ0) is 10.1. The van der Waals surface area contributed by atoms with Crippen LogP contribution in [0.3, 0.4) is 0 Å². The monoisotopic (exact) mass is 209 g/mol. The Bertz CT molecular complexity index is 462. The van der Waals surface area contributed by atoms with Gasteiger partial charge in [0.1, 0.15) is 5.75 Å². The van der Waals surface area contributed by atoms with E-state index in [9.17, 15) is 0 Å². The Hall–Kier alpha value is -1.15. The number of rotatable bonds is 2. The lowest BCUT2D eigenvalue weighted by atomic mass is 10.1. The second-order valence-corrected chi connectivity index (χ2v) is 3.54. The topological polar surface area (TPSA) is 25.0 Å². The predicted molar refractivity (Wildman–Crippen MR) is 59.1 cm³/mol. The van der Waals surface area contributed by atoms with E-state index in [0.717, 1.165) is 17.0 Å². The molecule has 14 heavy (non-hydrogen) atoms. The van der Waals surface area contributed by atoms with Crippen LogP contribution in [-0.4, -0.2) is 12.1 Å². The molecule has 0 saturated heterocycles. The summed E-state index contributed by atoms with van der Waals surface area (Å²) in [4.78, 5) is 3.28. The van der Waals surface area contributed by atoms with Crippen molar-refractivity contribution in [2.75, 3.05) is 7.11 Å². The third-order valence-electron chi connectivity index (χ3n) is 2.50. The van der Waals surface area contributed by atoms with E-state index in [1.54, 1.807) is 7.11 Å². The van der Waals surface area contributed by atoms with Crippen LogP contribution in [0.5, 0.6) is 5.75 Å². The highest BCUT2D eigenvalue weighted by molar-refractivity contribution is 6.17. The van der Waals surface area contributed by atoms with Crippen molar-refractivity contribution in [2.45, 2.75) is 12.8 Å². The fraction of sp³-hybridized carbons (Fsp3) is 0.273. The molecule has 2 nitrogen and oxygen atoms in total. The Morgan fingerprint density at radius 2 is 2.21 bits per heavy atom. The van der Waals surface area contributed by atoms with E-state index in [-0.39, 0.29) is 0 Å². The van der Waals surface area contributed by atoms with Crippen LogP contribution in [0.25, 0.3) is 10.9 Å². The molecule has 0 spiro atoms. The first-order valence-corrected chi connectivity index (χ1v) is 5.01. The Labute approximate surface area is 87.8 Å². The molecule has 0 radical (unpaired) electrons. The SMILES string of the molecule is COc1ccc2[nH]c(CCl)c(C)c2c1. The normalized spacial score (nSPS) is 10.8. The van der Waals surface area contributed by atoms with Crippen molar-refractivity contribution in [1.29, 1.82) is 0 Å². The van der Waals surface area contributed by atoms with Gasteiger partial charge in [-0.1, -0.05) is 0 Å². The molecule has 0 aliphatic heterocycles. The van der Waals surface area contributed by atoms with E-state index in [1.165, 1.54) is 10.9 Å². The van der Waals surface area contributed by atoms with E-state index in [0.29, 0.717) is 5.88 Å². The Morgan fingerprint density at radius 3 is 2.86 bits per heavy atom. The van der Waals surface area contributed by atoms with Crippen LogP contribution in [0.4, 0.5) is 0 Å². The molecule has 1 aromatic carbocycles. The molecule has 0 amide bonds. The number of halogens is 1. The predicted octanol–water partition coefficient (Wildman–Crippen LogP) is 3.22. The number of hydrogen-bond acceptors (Lipinski definition) is 1. The van der Waals surface area contributed by atoms with Crippen LogP contribution in [0.1, 0.15) is 11.3 Å². The zero-order valence-electron chi connectivity index (χ0n) is 8.23. The minimum absolute atomic E-state index is 0.517. The standard InChI is InChI=1S/C11H12ClNO/c1-7-9-5-8(14-2)3-4-10(9)13-11(7)6-12/h3-5,13H,6H2,1-2H3. The molecule has 0 bridgehead atoms. The van der Waals surface area contributed by atoms with Gasteiger partial charge in [0.05, 0.1) is 13.0 Å². The lowest BCUT2D eigenvalue weighted by molar-refractivity contribution is 0.415. The number of nitrogens with one attached hydrogen (secondary N) is 1. The minimum atomic E-state index is 0.517. The molecule has 74 valence electrons. The van der Waals surface area contributed by atoms with Crippen molar-refractivity contribution >= 4 is 22.5 Å². The van der Waals surface area contributed by atoms with Gasteiger partial charge in [-0.2, -0.15) is 0 Å². The number of aryl methyl sites for hydroxylation is 1. The summed E-state index contributed by atoms with van der Waals surface area (Å²) >= 11 is 5.81. The Morgan fingerprint density at radius 1 is 1.43 bits per heavy atom. The van der Waals surface area contributed by atoms with Gasteiger partial charge in [-0.3, -0.25) is 0 Å². The smallest absolute Gasteiger partial charge is 0.119 e. The van der Waals surface area contributed by atoms with Crippen molar-refractivity contribution in [3.63, 3.8) is 0 Å². The number of ether oxygens (including phenoxy) is 1. The summed E-state index contributed by atoms with van der Waals surface area (Å²) in [7, 11) is 1.67. The summed E-state index contributed by atoms with van der Waals surface area (Å²) in [6.45, 7) is 2.07. The van der Waals surface area contributed by atoms with Crippen LogP contribution in [0.15, 0.2) is 18.2 Å². The molecule has 0 saturated carbocycles. The summed E-state index contributed by atoms with van der Waals surface area (Å²) in [5.74, 6) is 1.39. The first-order chi connectivity index (χ1) is 6.76. The third-order valence-corrected chi connectivity index (χ3v) is 2.77. The second-order valence-electron chi connectivity index (χ2n) is 3.27. The molecule has 2 rings (SSSR count). The maximum Gasteiger partial charge on any atom is 0.119 e. The van der Waals surface area contributed by atoms with E-state index in [1.807, 2.05) is 18.2 Å². The van der Waals surface area contributed by atoms with Crippen molar-refractivity contribution in [2.24, 2.45) is 0 Å². The summed E-state index contributed by atoms with van der Waals surface area (Å²) in [5.41, 5.74) is 3.39. The molecule has 0 aliphatic rings. The molecule has 0 fully saturated rings. The van der Waals surface area contributed by atoms with Gasteiger partial charge in [-0.25, -0.2) is 0 Å². The highest BCUT2D eigenvalue weighted by atomic mass is 35.5. The maximum atomic E-state index is 5.81. The molecular formula is C11H12ClNO. The van der Waals surface area contributed by atoms with Gasteiger partial charge < -0.3 is 9.72 Å². The largest absolute Gasteiger partial charge is 0.497 e. The Balaban J connectivity index is 2.68. The van der Waals surface area contributed by atoms with Gasteiger partial charge in [0.2, 0.25) is 0 Å². The molecule has 1 aromatic heterocycles. The third kappa shape index (κ3) is 1.36. The van der Waals surface area contributed by atoms with Gasteiger partial charge in [-0.05, 0) is 30.7 Å². The lowest BCUT2D eigenvalue weighted by Gasteiger charge is -1.98. The fourth-order valence-corrected chi connectivity index (χ4v) is 1.89. The zero-order valence-corrected chi connectivity index (χ0v) is 8.98. The van der Waals surface area contributed by atoms with E-state index in [4.69, 9.17) is 16.3 Å². The van der Waals surface area contributed by atoms with Crippen molar-refractivity contribution in [3.8, 4) is 5.75 Å². The number of benzene rings is 1. The van der Waals surface area contributed by atoms with Crippen LogP contribution >= 0.6 is 11.6 Å². The minimum Gasteiger partial charge on any atom is -0.497 e. The molecule has 3 heteroatoms. The van der Waals surface area contributed by atoms with Crippen LogP contribution in [0, 0.1) is 6.92 Å². The van der Waals surface area contributed by atoms with Gasteiger partial charge in [-0.15, -0.1) is 11.6 Å². The second kappa shape index (κ2) is 3.54. The van der Waals surface area contributed by atoms with Crippen molar-refractivity contribution < 1.29 is 4.74 Å². The summed E-state index contributed by atoms with van der Waals surface area (Å²) in [6.07, 6.45) is 0. The van der Waals surface area contributed by atoms with Gasteiger partial charge in [0, 0.05) is 16.6 Å². The quantitative estimate of drug-likeness (QED) is 0.755. The van der Waals surface area contributed by atoms with Gasteiger partial charge >= 0.3 is 0 Å². The number of alkyl halides is 1. The number of H-pyrrole nitrogens is 1. The average molecular weight is 210 g/mol. The van der Waals surface area contributed by atoms with Gasteiger partial charge in [0.25, 0.3) is 0 Å². The number of aromatic amines is 1. The van der Waals surface area contributed by atoms with Gasteiger partial charge in [0.15, 0.2) is 0 Å². The number of hydrogen-bond donors (Lipinski definition) is 1. The molecule has 1 N–H and O–H groups in total. The van der Waals surface area contributed by atoms with E-state index >= 15 is 0 Å². The van der Waals surface area contributed by atoms with Crippen molar-refractivity contribution in [1.82, 2.24) is 4.98 Å². The number of aromatic nitrogens is 1. The number of methoxy groups -OCH3 is 1. The van der Waals surface area contributed by atoms with Crippen LogP contribution in [-0.2, 0) is 5.88 Å². The van der Waals surface area contributed by atoms with Crippen molar-refractivity contribution in [3.05, 3.63) is 29.5 Å². The molecule has 0 unspecified atom stereocenters. The highest BCUT2D eigenvalue weighted by Gasteiger charge is 2.06. The van der Waals surface area contributed by atoms with E-state index in [2.05, 4.69) is 11.9 Å². The molecule has 1 heterocycles. The van der Waals surface area contributed by atoms with E-state index < -0.39 is 0 Å². The molecule has 0 atom stereocenters. The maximum absolute atomic E-state index is 5.81. The number of fused-ring (bicyclic) bond motifs is 1. The lowest BCUT2D eigenvalue weighted by Crippen LogP contribution is -1.81. The molecule has 0 aliphatic carbocycles. The summed E-state index contributed by atoms with van der Waals surface area (Å²) < 4.78 is 5.17. The fourth-order valence-electron chi connectivity index (χ4n) is 1.62. The van der Waals surface area contributed by atoms with Crippen LogP contribution < -0.4 is 4.74 Å². The first kappa shape index (κ1) is 9.41. The summed E-state index contributed by atoms with van der Waals surface area (Å²) in [6, 6.07) is 5.98. The molecule has 2 aromatic rings. The first-order valence-electron chi connectivity index (χ1n) is 4.47. The average Bonchev–Trinajstić information content (AvgIpc) is 2.55. The highest BCUT2D eigenvalue weighted by Crippen LogP contribution is 2.26. The van der Waals surface area contributed by atoms with Crippen LogP contribution in [0.2, 0.25) is 0 Å². The Kier molecular flexibility index (Phi) is 2.38. The molecular weight excluding hydrogens is 198 g/mol.